The van der Waals surface area contributed by atoms with Crippen LogP contribution < -0.4 is 9.47 Å². The summed E-state index contributed by atoms with van der Waals surface area (Å²) in [6, 6.07) is 10.9. The van der Waals surface area contributed by atoms with Gasteiger partial charge < -0.3 is 24.3 Å². The summed E-state index contributed by atoms with van der Waals surface area (Å²) in [7, 11) is 2.60. The molecular weight excluding hydrogens is 408 g/mol. The fraction of sp³-hybridized carbons (Fsp3) is 0.150. The van der Waals surface area contributed by atoms with E-state index in [2.05, 4.69) is 9.97 Å². The molecule has 0 saturated heterocycles. The van der Waals surface area contributed by atoms with Gasteiger partial charge in [0.05, 0.1) is 36.2 Å². The molecule has 11 heteroatoms. The second-order valence-corrected chi connectivity index (χ2v) is 6.09. The SMILES string of the molecule is COc1cc(C(=O)OC/C(O)=C(\C#N)c2nc3ccccc3[nH]2)c([N+](=O)[O-])cc1OC. The second-order valence-electron chi connectivity index (χ2n) is 6.09. The van der Waals surface area contributed by atoms with Crippen LogP contribution in [0.3, 0.4) is 0 Å². The predicted octanol–water partition coefficient (Wildman–Crippen LogP) is 3.14. The molecule has 0 saturated carbocycles. The van der Waals surface area contributed by atoms with Gasteiger partial charge in [0.2, 0.25) is 0 Å². The average molecular weight is 424 g/mol. The third-order valence-electron chi connectivity index (χ3n) is 4.29. The number of para-hydroxylation sites is 2. The van der Waals surface area contributed by atoms with Crippen molar-refractivity contribution in [2.24, 2.45) is 0 Å². The summed E-state index contributed by atoms with van der Waals surface area (Å²) in [5.74, 6) is -1.43. The number of methoxy groups -OCH3 is 2. The van der Waals surface area contributed by atoms with Gasteiger partial charge in [0.25, 0.3) is 5.69 Å². The van der Waals surface area contributed by atoms with E-state index in [1.54, 1.807) is 30.3 Å². The van der Waals surface area contributed by atoms with Crippen LogP contribution in [0.5, 0.6) is 11.5 Å². The highest BCUT2D eigenvalue weighted by Crippen LogP contribution is 2.35. The fourth-order valence-corrected chi connectivity index (χ4v) is 2.79. The van der Waals surface area contributed by atoms with E-state index in [-0.39, 0.29) is 22.9 Å². The number of fused-ring (bicyclic) bond motifs is 1. The van der Waals surface area contributed by atoms with Crippen LogP contribution in [-0.2, 0) is 4.74 Å². The van der Waals surface area contributed by atoms with Gasteiger partial charge in [-0.1, -0.05) is 12.1 Å². The first-order chi connectivity index (χ1) is 14.9. The van der Waals surface area contributed by atoms with Crippen molar-refractivity contribution in [2.45, 2.75) is 0 Å². The molecule has 1 heterocycles. The minimum atomic E-state index is -1.10. The number of hydrogen-bond donors (Lipinski definition) is 2. The smallest absolute Gasteiger partial charge is 0.345 e. The van der Waals surface area contributed by atoms with E-state index in [1.807, 2.05) is 0 Å². The number of nitro benzene ring substituents is 1. The van der Waals surface area contributed by atoms with Crippen molar-refractivity contribution < 1.29 is 29.0 Å². The number of carbonyl (C=O) groups is 1. The summed E-state index contributed by atoms with van der Waals surface area (Å²) < 4.78 is 15.1. The Kier molecular flexibility index (Phi) is 6.02. The number of nitriles is 1. The zero-order chi connectivity index (χ0) is 22.5. The molecule has 3 aromatic rings. The van der Waals surface area contributed by atoms with Gasteiger partial charge in [-0.05, 0) is 12.1 Å². The van der Waals surface area contributed by atoms with Crippen molar-refractivity contribution in [1.29, 1.82) is 5.26 Å². The van der Waals surface area contributed by atoms with Crippen LogP contribution in [0.1, 0.15) is 16.2 Å². The molecule has 2 aromatic carbocycles. The molecule has 158 valence electrons. The van der Waals surface area contributed by atoms with E-state index in [9.17, 15) is 25.3 Å². The topological polar surface area (TPSA) is 161 Å². The number of nitrogens with one attached hydrogen (secondary N) is 1. The lowest BCUT2D eigenvalue weighted by atomic mass is 10.1. The summed E-state index contributed by atoms with van der Waals surface area (Å²) in [6.45, 7) is -0.704. The number of benzene rings is 2. The number of H-pyrrole nitrogens is 1. The van der Waals surface area contributed by atoms with Crippen molar-refractivity contribution in [1.82, 2.24) is 9.97 Å². The number of aromatic nitrogens is 2. The molecule has 0 amide bonds. The van der Waals surface area contributed by atoms with E-state index in [0.717, 1.165) is 12.1 Å². The largest absolute Gasteiger partial charge is 0.507 e. The van der Waals surface area contributed by atoms with E-state index in [0.29, 0.717) is 11.0 Å². The minimum Gasteiger partial charge on any atom is -0.507 e. The minimum absolute atomic E-state index is 0.0603. The Morgan fingerprint density at radius 1 is 1.26 bits per heavy atom. The van der Waals surface area contributed by atoms with Crippen molar-refractivity contribution in [3.05, 3.63) is 63.7 Å². The lowest BCUT2D eigenvalue weighted by Crippen LogP contribution is -2.12. The standard InChI is InChI=1S/C20H16N4O7/c1-29-17-7-11(15(24(27)28)8-18(17)30-2)20(26)31-10-16(25)12(9-21)19-22-13-5-3-4-6-14(13)23-19/h3-8,25H,10H2,1-2H3,(H,22,23)/b16-12-. The molecule has 2 N–H and O–H groups in total. The van der Waals surface area contributed by atoms with E-state index >= 15 is 0 Å². The third kappa shape index (κ3) is 4.23. The van der Waals surface area contributed by atoms with Crippen molar-refractivity contribution in [2.75, 3.05) is 20.8 Å². The number of imidazole rings is 1. The first-order valence-corrected chi connectivity index (χ1v) is 8.74. The number of nitrogens with zero attached hydrogens (tertiary/aromatic N) is 3. The maximum absolute atomic E-state index is 12.5. The number of rotatable bonds is 7. The highest BCUT2D eigenvalue weighted by Gasteiger charge is 2.26. The van der Waals surface area contributed by atoms with Crippen LogP contribution >= 0.6 is 0 Å². The third-order valence-corrected chi connectivity index (χ3v) is 4.29. The average Bonchev–Trinajstić information content (AvgIpc) is 3.20. The molecule has 0 atom stereocenters. The molecule has 0 fully saturated rings. The molecule has 31 heavy (non-hydrogen) atoms. The lowest BCUT2D eigenvalue weighted by Gasteiger charge is -2.10. The number of allylic oxidation sites excluding steroid dienone is 1. The summed E-state index contributed by atoms with van der Waals surface area (Å²) in [6.07, 6.45) is 0. The van der Waals surface area contributed by atoms with E-state index < -0.39 is 34.5 Å². The van der Waals surface area contributed by atoms with Gasteiger partial charge in [-0.15, -0.1) is 0 Å². The number of aliphatic hydroxyl groups is 1. The molecule has 0 radical (unpaired) electrons. The van der Waals surface area contributed by atoms with Gasteiger partial charge in [-0.25, -0.2) is 9.78 Å². The molecule has 0 aliphatic rings. The van der Waals surface area contributed by atoms with E-state index in [4.69, 9.17) is 14.2 Å². The van der Waals surface area contributed by atoms with Gasteiger partial charge in [0, 0.05) is 6.07 Å². The molecule has 3 rings (SSSR count). The van der Waals surface area contributed by atoms with Crippen LogP contribution in [-0.4, -0.2) is 46.8 Å². The van der Waals surface area contributed by atoms with Crippen molar-refractivity contribution >= 4 is 28.3 Å². The Labute approximate surface area is 175 Å². The Hall–Kier alpha value is -4.59. The number of esters is 1. The summed E-state index contributed by atoms with van der Waals surface area (Å²) in [4.78, 5) is 30.1. The summed E-state index contributed by atoms with van der Waals surface area (Å²) in [5, 5.41) is 31.0. The molecule has 0 unspecified atom stereocenters. The number of aromatic amines is 1. The second kappa shape index (κ2) is 8.83. The monoisotopic (exact) mass is 424 g/mol. The maximum atomic E-state index is 12.5. The van der Waals surface area contributed by atoms with Gasteiger partial charge in [-0.2, -0.15) is 5.26 Å². The van der Waals surface area contributed by atoms with Crippen molar-refractivity contribution in [3.8, 4) is 17.6 Å². The Balaban J connectivity index is 1.88. The van der Waals surface area contributed by atoms with Gasteiger partial charge >= 0.3 is 5.97 Å². The van der Waals surface area contributed by atoms with Crippen molar-refractivity contribution in [3.63, 3.8) is 0 Å². The number of nitro groups is 1. The molecule has 0 aliphatic heterocycles. The van der Waals surface area contributed by atoms with Crippen LogP contribution in [0.25, 0.3) is 16.6 Å². The van der Waals surface area contributed by atoms with Gasteiger partial charge in [-0.3, -0.25) is 10.1 Å². The number of ether oxygens (including phenoxy) is 3. The summed E-state index contributed by atoms with van der Waals surface area (Å²) in [5.41, 5.74) is 0.0272. The first kappa shape index (κ1) is 21.1. The Morgan fingerprint density at radius 3 is 2.55 bits per heavy atom. The molecular formula is C20H16N4O7. The summed E-state index contributed by atoms with van der Waals surface area (Å²) >= 11 is 0. The number of aliphatic hydroxyl groups excluding tert-OH is 1. The number of carbonyl (C=O) groups excluding carboxylic acids is 1. The molecule has 0 bridgehead atoms. The zero-order valence-corrected chi connectivity index (χ0v) is 16.4. The van der Waals surface area contributed by atoms with Gasteiger partial charge in [0.15, 0.2) is 23.1 Å². The van der Waals surface area contributed by atoms with Crippen LogP contribution in [0, 0.1) is 21.4 Å². The van der Waals surface area contributed by atoms with Gasteiger partial charge in [0.1, 0.15) is 23.8 Å². The predicted molar refractivity (Wildman–Crippen MR) is 108 cm³/mol. The first-order valence-electron chi connectivity index (χ1n) is 8.74. The van der Waals surface area contributed by atoms with Crippen LogP contribution in [0.2, 0.25) is 0 Å². The van der Waals surface area contributed by atoms with E-state index in [1.165, 1.54) is 14.2 Å². The molecule has 11 nitrogen and oxygen atoms in total. The zero-order valence-electron chi connectivity index (χ0n) is 16.4. The lowest BCUT2D eigenvalue weighted by molar-refractivity contribution is -0.385. The number of hydrogen-bond acceptors (Lipinski definition) is 9. The highest BCUT2D eigenvalue weighted by atomic mass is 16.6. The van der Waals surface area contributed by atoms with Crippen LogP contribution in [0.15, 0.2) is 42.2 Å². The Morgan fingerprint density at radius 2 is 1.94 bits per heavy atom. The quantitative estimate of drug-likeness (QED) is 0.191. The normalized spacial score (nSPS) is 11.4. The molecule has 0 aliphatic carbocycles. The van der Waals surface area contributed by atoms with Crippen LogP contribution in [0.4, 0.5) is 5.69 Å². The molecule has 0 spiro atoms. The molecule has 1 aromatic heterocycles. The Bertz CT molecular complexity index is 1210. The fourth-order valence-electron chi connectivity index (χ4n) is 2.79. The highest BCUT2D eigenvalue weighted by molar-refractivity contribution is 5.95. The maximum Gasteiger partial charge on any atom is 0.345 e.